The molecule has 1 aromatic carbocycles. The number of nitrogens with one attached hydrogen (secondary N) is 1. The Kier molecular flexibility index (Phi) is 6.28. The highest BCUT2D eigenvalue weighted by Gasteiger charge is 2.22. The second-order valence-electron chi connectivity index (χ2n) is 6.89. The Labute approximate surface area is 164 Å². The summed E-state index contributed by atoms with van der Waals surface area (Å²) < 4.78 is 27.4. The van der Waals surface area contributed by atoms with Gasteiger partial charge in [0.25, 0.3) is 0 Å². The van der Waals surface area contributed by atoms with Crippen LogP contribution in [0.3, 0.4) is 0 Å². The van der Waals surface area contributed by atoms with Crippen LogP contribution in [0.25, 0.3) is 0 Å². The van der Waals surface area contributed by atoms with Crippen LogP contribution < -0.4 is 15.1 Å². The predicted octanol–water partition coefficient (Wildman–Crippen LogP) is 2.32. The van der Waals surface area contributed by atoms with Gasteiger partial charge in [0, 0.05) is 66.1 Å². The molecule has 1 aromatic heterocycles. The van der Waals surface area contributed by atoms with Gasteiger partial charge in [0.15, 0.2) is 5.96 Å². The standard InChI is InChI=1S/C20H26F2N6/c1-23-20(25-14-15-4-7-19(24-13-15)26(2)3)28-10-8-27(9-11-28)18-12-16(21)5-6-17(18)22/h4-7,12-13H,8-11,14H2,1-3H3,(H,23,25). The van der Waals surface area contributed by atoms with Crippen molar-refractivity contribution in [2.45, 2.75) is 6.54 Å². The fourth-order valence-electron chi connectivity index (χ4n) is 3.19. The summed E-state index contributed by atoms with van der Waals surface area (Å²) in [6, 6.07) is 7.58. The molecule has 1 saturated heterocycles. The number of nitrogens with zero attached hydrogens (tertiary/aromatic N) is 5. The maximum atomic E-state index is 14.0. The van der Waals surface area contributed by atoms with Crippen molar-refractivity contribution in [1.29, 1.82) is 0 Å². The summed E-state index contributed by atoms with van der Waals surface area (Å²) in [5, 5.41) is 3.35. The van der Waals surface area contributed by atoms with Crippen molar-refractivity contribution in [3.63, 3.8) is 0 Å². The molecule has 8 heteroatoms. The van der Waals surface area contributed by atoms with E-state index in [2.05, 4.69) is 20.2 Å². The van der Waals surface area contributed by atoms with Crippen molar-refractivity contribution >= 4 is 17.5 Å². The highest BCUT2D eigenvalue weighted by molar-refractivity contribution is 5.80. The molecule has 0 saturated carbocycles. The summed E-state index contributed by atoms with van der Waals surface area (Å²) in [5.74, 6) is 0.876. The summed E-state index contributed by atoms with van der Waals surface area (Å²) in [5.41, 5.74) is 1.38. The number of pyridine rings is 1. The van der Waals surface area contributed by atoms with Gasteiger partial charge < -0.3 is 20.0 Å². The summed E-state index contributed by atoms with van der Waals surface area (Å²) >= 11 is 0. The number of halogens is 2. The number of rotatable bonds is 4. The summed E-state index contributed by atoms with van der Waals surface area (Å²) in [4.78, 5) is 14.7. The number of piperazine rings is 1. The molecule has 1 fully saturated rings. The monoisotopic (exact) mass is 388 g/mol. The fraction of sp³-hybridized carbons (Fsp3) is 0.400. The lowest BCUT2D eigenvalue weighted by Gasteiger charge is -2.37. The normalized spacial score (nSPS) is 15.0. The maximum Gasteiger partial charge on any atom is 0.194 e. The molecular weight excluding hydrogens is 362 g/mol. The van der Waals surface area contributed by atoms with E-state index in [1.807, 2.05) is 42.2 Å². The highest BCUT2D eigenvalue weighted by atomic mass is 19.1. The van der Waals surface area contributed by atoms with Crippen molar-refractivity contribution < 1.29 is 8.78 Å². The molecular formula is C20H26F2N6. The van der Waals surface area contributed by atoms with E-state index in [1.165, 1.54) is 12.1 Å². The van der Waals surface area contributed by atoms with Crippen LogP contribution >= 0.6 is 0 Å². The van der Waals surface area contributed by atoms with Gasteiger partial charge in [-0.25, -0.2) is 13.8 Å². The van der Waals surface area contributed by atoms with Crippen LogP contribution in [0.15, 0.2) is 41.5 Å². The van der Waals surface area contributed by atoms with E-state index in [9.17, 15) is 8.78 Å². The van der Waals surface area contributed by atoms with E-state index in [4.69, 9.17) is 0 Å². The Hall–Kier alpha value is -2.90. The quantitative estimate of drug-likeness (QED) is 0.644. The van der Waals surface area contributed by atoms with Crippen LogP contribution in [-0.2, 0) is 6.54 Å². The number of aromatic nitrogens is 1. The van der Waals surface area contributed by atoms with Crippen molar-refractivity contribution in [3.05, 3.63) is 53.7 Å². The minimum atomic E-state index is -0.426. The number of benzene rings is 1. The highest BCUT2D eigenvalue weighted by Crippen LogP contribution is 2.22. The second kappa shape index (κ2) is 8.86. The molecule has 0 unspecified atom stereocenters. The first-order valence-electron chi connectivity index (χ1n) is 9.26. The molecule has 2 aromatic rings. The minimum Gasteiger partial charge on any atom is -0.366 e. The molecule has 0 aliphatic carbocycles. The van der Waals surface area contributed by atoms with Crippen LogP contribution in [-0.4, -0.2) is 63.2 Å². The lowest BCUT2D eigenvalue weighted by Crippen LogP contribution is -2.52. The summed E-state index contributed by atoms with van der Waals surface area (Å²) in [6.07, 6.45) is 1.85. The minimum absolute atomic E-state index is 0.314. The van der Waals surface area contributed by atoms with Gasteiger partial charge in [-0.2, -0.15) is 0 Å². The number of hydrogen-bond acceptors (Lipinski definition) is 4. The number of guanidine groups is 1. The summed E-state index contributed by atoms with van der Waals surface area (Å²) in [7, 11) is 5.66. The van der Waals surface area contributed by atoms with E-state index in [0.717, 1.165) is 23.4 Å². The van der Waals surface area contributed by atoms with Crippen molar-refractivity contribution in [2.75, 3.05) is 57.1 Å². The first kappa shape index (κ1) is 19.9. The van der Waals surface area contributed by atoms with Gasteiger partial charge >= 0.3 is 0 Å². The Morgan fingerprint density at radius 2 is 1.89 bits per heavy atom. The largest absolute Gasteiger partial charge is 0.366 e. The third-order valence-electron chi connectivity index (χ3n) is 4.76. The zero-order chi connectivity index (χ0) is 20.1. The van der Waals surface area contributed by atoms with Crippen molar-refractivity contribution in [3.8, 4) is 0 Å². The van der Waals surface area contributed by atoms with E-state index < -0.39 is 11.6 Å². The second-order valence-corrected chi connectivity index (χ2v) is 6.89. The molecule has 28 heavy (non-hydrogen) atoms. The predicted molar refractivity (Wildman–Crippen MR) is 109 cm³/mol. The van der Waals surface area contributed by atoms with Gasteiger partial charge in [-0.15, -0.1) is 0 Å². The molecule has 6 nitrogen and oxygen atoms in total. The lowest BCUT2D eigenvalue weighted by atomic mass is 10.2. The number of aliphatic imine (C=N–C) groups is 1. The number of anilines is 2. The van der Waals surface area contributed by atoms with E-state index in [-0.39, 0.29) is 0 Å². The van der Waals surface area contributed by atoms with Crippen LogP contribution in [0.4, 0.5) is 20.3 Å². The molecule has 0 amide bonds. The summed E-state index contributed by atoms with van der Waals surface area (Å²) in [6.45, 7) is 3.16. The van der Waals surface area contributed by atoms with Crippen LogP contribution in [0.2, 0.25) is 0 Å². The van der Waals surface area contributed by atoms with E-state index in [0.29, 0.717) is 38.4 Å². The van der Waals surface area contributed by atoms with Crippen molar-refractivity contribution in [2.24, 2.45) is 4.99 Å². The van der Waals surface area contributed by atoms with Crippen LogP contribution in [0.1, 0.15) is 5.56 Å². The van der Waals surface area contributed by atoms with Gasteiger partial charge in [-0.1, -0.05) is 6.07 Å². The Morgan fingerprint density at radius 1 is 1.14 bits per heavy atom. The van der Waals surface area contributed by atoms with Crippen LogP contribution in [0.5, 0.6) is 0 Å². The van der Waals surface area contributed by atoms with E-state index in [1.54, 1.807) is 7.05 Å². The fourth-order valence-corrected chi connectivity index (χ4v) is 3.19. The molecule has 0 radical (unpaired) electrons. The Morgan fingerprint density at radius 3 is 2.50 bits per heavy atom. The Balaban J connectivity index is 1.55. The molecule has 0 atom stereocenters. The number of hydrogen-bond donors (Lipinski definition) is 1. The van der Waals surface area contributed by atoms with Gasteiger partial charge in [0.2, 0.25) is 0 Å². The van der Waals surface area contributed by atoms with Crippen LogP contribution in [0, 0.1) is 11.6 Å². The molecule has 0 bridgehead atoms. The SMILES string of the molecule is CN=C(NCc1ccc(N(C)C)nc1)N1CCN(c2cc(F)ccc2F)CC1. The van der Waals surface area contributed by atoms with Gasteiger partial charge in [-0.3, -0.25) is 4.99 Å². The molecule has 1 aliphatic heterocycles. The third-order valence-corrected chi connectivity index (χ3v) is 4.76. The zero-order valence-electron chi connectivity index (χ0n) is 16.5. The third kappa shape index (κ3) is 4.68. The first-order valence-corrected chi connectivity index (χ1v) is 9.26. The zero-order valence-corrected chi connectivity index (χ0v) is 16.5. The molecule has 150 valence electrons. The van der Waals surface area contributed by atoms with E-state index >= 15 is 0 Å². The molecule has 2 heterocycles. The van der Waals surface area contributed by atoms with Gasteiger partial charge in [0.05, 0.1) is 5.69 Å². The topological polar surface area (TPSA) is 47.0 Å². The first-order chi connectivity index (χ1) is 13.5. The molecule has 1 N–H and O–H groups in total. The smallest absolute Gasteiger partial charge is 0.194 e. The van der Waals surface area contributed by atoms with Gasteiger partial charge in [0.1, 0.15) is 17.5 Å². The average molecular weight is 388 g/mol. The van der Waals surface area contributed by atoms with Gasteiger partial charge in [-0.05, 0) is 23.8 Å². The molecule has 1 aliphatic rings. The maximum absolute atomic E-state index is 14.0. The van der Waals surface area contributed by atoms with Crippen molar-refractivity contribution in [1.82, 2.24) is 15.2 Å². The average Bonchev–Trinajstić information content (AvgIpc) is 2.71. The lowest BCUT2D eigenvalue weighted by molar-refractivity contribution is 0.370. The molecule has 0 spiro atoms. The molecule has 3 rings (SSSR count). The Bertz CT molecular complexity index is 814.